The average Bonchev–Trinajstić information content (AvgIpc) is 3.22. The third-order valence-electron chi connectivity index (χ3n) is 5.29. The van der Waals surface area contributed by atoms with Crippen LogP contribution in [0.15, 0.2) is 35.8 Å². The van der Waals surface area contributed by atoms with Gasteiger partial charge in [-0.15, -0.1) is 11.3 Å². The molecule has 0 amide bonds. The zero-order valence-corrected chi connectivity index (χ0v) is 18.1. The maximum atomic E-state index is 5.78. The number of piperazine rings is 1. The first kappa shape index (κ1) is 20.1. The second-order valence-corrected chi connectivity index (χ2v) is 8.28. The Kier molecular flexibility index (Phi) is 6.28. The molecule has 6 nitrogen and oxygen atoms in total. The van der Waals surface area contributed by atoms with Crippen LogP contribution in [-0.4, -0.2) is 67.4 Å². The van der Waals surface area contributed by atoms with Gasteiger partial charge in [-0.2, -0.15) is 0 Å². The number of hydrogen-bond donors (Lipinski definition) is 0. The third kappa shape index (κ3) is 4.52. The Morgan fingerprint density at radius 3 is 2.69 bits per heavy atom. The largest absolute Gasteiger partial charge is 0.472 e. The van der Waals surface area contributed by atoms with Crippen LogP contribution in [0.1, 0.15) is 13.8 Å². The molecule has 1 unspecified atom stereocenters. The number of fused-ring (bicyclic) bond motifs is 1. The summed E-state index contributed by atoms with van der Waals surface area (Å²) in [5.74, 6) is 1.70. The molecule has 0 radical (unpaired) electrons. The van der Waals surface area contributed by atoms with Crippen LogP contribution in [0.4, 0.5) is 5.82 Å². The predicted octanol–water partition coefficient (Wildman–Crippen LogP) is 3.91. The first-order valence-corrected chi connectivity index (χ1v) is 11.0. The van der Waals surface area contributed by atoms with Gasteiger partial charge in [0.2, 0.25) is 5.88 Å². The summed E-state index contributed by atoms with van der Waals surface area (Å²) in [4.78, 5) is 14.4. The molecule has 4 rings (SSSR count). The van der Waals surface area contributed by atoms with Gasteiger partial charge in [0.05, 0.1) is 17.0 Å². The fourth-order valence-corrected chi connectivity index (χ4v) is 4.57. The molecule has 3 aromatic heterocycles. The van der Waals surface area contributed by atoms with Gasteiger partial charge in [-0.25, -0.2) is 9.97 Å². The van der Waals surface area contributed by atoms with Crippen molar-refractivity contribution in [3.63, 3.8) is 0 Å². The summed E-state index contributed by atoms with van der Waals surface area (Å²) >= 11 is 1.77. The SMILES string of the molecule is CCN1CCN(c2nc(-c3ccc(OC(C)COC)nc3)cc3ccsc23)CC1. The summed E-state index contributed by atoms with van der Waals surface area (Å²) in [6, 6.07) is 8.26. The molecule has 1 saturated heterocycles. The minimum Gasteiger partial charge on any atom is -0.472 e. The van der Waals surface area contributed by atoms with Crippen LogP contribution < -0.4 is 9.64 Å². The van der Waals surface area contributed by atoms with Crippen molar-refractivity contribution >= 4 is 27.2 Å². The summed E-state index contributed by atoms with van der Waals surface area (Å²) < 4.78 is 12.2. The van der Waals surface area contributed by atoms with E-state index in [2.05, 4.69) is 39.2 Å². The van der Waals surface area contributed by atoms with E-state index >= 15 is 0 Å². The van der Waals surface area contributed by atoms with Crippen molar-refractivity contribution < 1.29 is 9.47 Å². The molecule has 0 saturated carbocycles. The van der Waals surface area contributed by atoms with Crippen LogP contribution in [0, 0.1) is 0 Å². The zero-order chi connectivity index (χ0) is 20.2. The molecular weight excluding hydrogens is 384 g/mol. The van der Waals surface area contributed by atoms with Crippen molar-refractivity contribution in [3.8, 4) is 17.1 Å². The minimum atomic E-state index is -0.0352. The second-order valence-electron chi connectivity index (χ2n) is 7.36. The fourth-order valence-electron chi connectivity index (χ4n) is 3.67. The summed E-state index contributed by atoms with van der Waals surface area (Å²) in [5.41, 5.74) is 1.95. The van der Waals surface area contributed by atoms with Crippen molar-refractivity contribution in [1.82, 2.24) is 14.9 Å². The molecule has 29 heavy (non-hydrogen) atoms. The summed E-state index contributed by atoms with van der Waals surface area (Å²) in [5, 5.41) is 3.39. The molecule has 3 aromatic rings. The van der Waals surface area contributed by atoms with Gasteiger partial charge in [0.15, 0.2) is 0 Å². The Morgan fingerprint density at radius 2 is 2.00 bits per heavy atom. The number of ether oxygens (including phenoxy) is 2. The molecule has 0 spiro atoms. The first-order valence-electron chi connectivity index (χ1n) is 10.2. The van der Waals surface area contributed by atoms with Gasteiger partial charge >= 0.3 is 0 Å². The number of hydrogen-bond acceptors (Lipinski definition) is 7. The van der Waals surface area contributed by atoms with Gasteiger partial charge in [-0.3, -0.25) is 0 Å². The zero-order valence-electron chi connectivity index (χ0n) is 17.3. The normalized spacial score (nSPS) is 16.3. The predicted molar refractivity (Wildman–Crippen MR) is 119 cm³/mol. The molecule has 1 atom stereocenters. The summed E-state index contributed by atoms with van der Waals surface area (Å²) in [6.45, 7) is 10.0. The highest BCUT2D eigenvalue weighted by Gasteiger charge is 2.20. The van der Waals surface area contributed by atoms with E-state index in [1.165, 1.54) is 10.1 Å². The Labute approximate surface area is 176 Å². The lowest BCUT2D eigenvalue weighted by atomic mass is 10.1. The number of thiophene rings is 1. The molecular formula is C22H28N4O2S. The van der Waals surface area contributed by atoms with E-state index < -0.39 is 0 Å². The molecule has 0 N–H and O–H groups in total. The van der Waals surface area contributed by atoms with Crippen LogP contribution in [0.5, 0.6) is 5.88 Å². The van der Waals surface area contributed by atoms with E-state index in [9.17, 15) is 0 Å². The topological polar surface area (TPSA) is 50.7 Å². The maximum Gasteiger partial charge on any atom is 0.213 e. The molecule has 154 valence electrons. The maximum absolute atomic E-state index is 5.78. The first-order chi connectivity index (χ1) is 14.2. The highest BCUT2D eigenvalue weighted by Crippen LogP contribution is 2.34. The van der Waals surface area contributed by atoms with Crippen molar-refractivity contribution in [1.29, 1.82) is 0 Å². The average molecular weight is 413 g/mol. The van der Waals surface area contributed by atoms with Gasteiger partial charge < -0.3 is 19.3 Å². The van der Waals surface area contributed by atoms with Crippen LogP contribution in [0.2, 0.25) is 0 Å². The Bertz CT molecular complexity index is 936. The number of anilines is 1. The summed E-state index contributed by atoms with van der Waals surface area (Å²) in [7, 11) is 1.67. The molecule has 1 aliphatic rings. The quantitative estimate of drug-likeness (QED) is 0.586. The molecule has 4 heterocycles. The van der Waals surface area contributed by atoms with Crippen LogP contribution in [-0.2, 0) is 4.74 Å². The number of methoxy groups -OCH3 is 1. The lowest BCUT2D eigenvalue weighted by Gasteiger charge is -2.35. The Hall–Kier alpha value is -2.22. The standard InChI is InChI=1S/C22H28N4O2S/c1-4-25-8-10-26(11-9-25)22-21-17(7-12-29-21)13-19(24-22)18-5-6-20(23-14-18)28-16(2)15-27-3/h5-7,12-14,16H,4,8-11,15H2,1-3H3. The molecule has 0 bridgehead atoms. The van der Waals surface area contributed by atoms with E-state index in [1.54, 1.807) is 18.4 Å². The number of likely N-dealkylation sites (N-methyl/N-ethyl adjacent to an activating group) is 1. The number of pyridine rings is 2. The Morgan fingerprint density at radius 1 is 1.17 bits per heavy atom. The van der Waals surface area contributed by atoms with Gasteiger partial charge in [0.1, 0.15) is 11.9 Å². The Balaban J connectivity index is 1.60. The van der Waals surface area contributed by atoms with Gasteiger partial charge in [-0.05, 0) is 42.4 Å². The van der Waals surface area contributed by atoms with E-state index in [1.807, 2.05) is 25.3 Å². The van der Waals surface area contributed by atoms with Gasteiger partial charge in [-0.1, -0.05) is 6.92 Å². The highest BCUT2D eigenvalue weighted by molar-refractivity contribution is 7.17. The highest BCUT2D eigenvalue weighted by atomic mass is 32.1. The lowest BCUT2D eigenvalue weighted by Crippen LogP contribution is -2.46. The van der Waals surface area contributed by atoms with Crippen molar-refractivity contribution in [2.24, 2.45) is 0 Å². The lowest BCUT2D eigenvalue weighted by molar-refractivity contribution is 0.0890. The molecule has 1 fully saturated rings. The van der Waals surface area contributed by atoms with Crippen molar-refractivity contribution in [2.45, 2.75) is 20.0 Å². The fraction of sp³-hybridized carbons (Fsp3) is 0.455. The molecule has 1 aliphatic heterocycles. The monoisotopic (exact) mass is 412 g/mol. The van der Waals surface area contributed by atoms with Gasteiger partial charge in [0, 0.05) is 51.1 Å². The van der Waals surface area contributed by atoms with Crippen LogP contribution >= 0.6 is 11.3 Å². The van der Waals surface area contributed by atoms with Crippen LogP contribution in [0.25, 0.3) is 21.3 Å². The number of nitrogens with zero attached hydrogens (tertiary/aromatic N) is 4. The third-order valence-corrected chi connectivity index (χ3v) is 6.22. The van der Waals surface area contributed by atoms with E-state index in [0.29, 0.717) is 12.5 Å². The van der Waals surface area contributed by atoms with Crippen LogP contribution in [0.3, 0.4) is 0 Å². The van der Waals surface area contributed by atoms with E-state index in [0.717, 1.165) is 49.8 Å². The number of rotatable bonds is 7. The summed E-state index contributed by atoms with van der Waals surface area (Å²) in [6.07, 6.45) is 1.81. The molecule has 7 heteroatoms. The minimum absolute atomic E-state index is 0.0352. The molecule has 0 aliphatic carbocycles. The second kappa shape index (κ2) is 9.07. The number of aromatic nitrogens is 2. The smallest absolute Gasteiger partial charge is 0.213 e. The van der Waals surface area contributed by atoms with E-state index in [4.69, 9.17) is 14.5 Å². The van der Waals surface area contributed by atoms with E-state index in [-0.39, 0.29) is 6.10 Å². The van der Waals surface area contributed by atoms with Gasteiger partial charge in [0.25, 0.3) is 0 Å². The van der Waals surface area contributed by atoms with Crippen molar-refractivity contribution in [3.05, 3.63) is 35.8 Å². The van der Waals surface area contributed by atoms with Crippen molar-refractivity contribution in [2.75, 3.05) is 51.3 Å². The molecule has 0 aromatic carbocycles.